The van der Waals surface area contributed by atoms with E-state index in [1.807, 2.05) is 4.90 Å². The van der Waals surface area contributed by atoms with Gasteiger partial charge in [-0.2, -0.15) is 0 Å². The largest absolute Gasteiger partial charge is 0.508 e. The van der Waals surface area contributed by atoms with Gasteiger partial charge in [0.25, 0.3) is 0 Å². The molecule has 2 unspecified atom stereocenters. The summed E-state index contributed by atoms with van der Waals surface area (Å²) >= 11 is 0. The van der Waals surface area contributed by atoms with Gasteiger partial charge in [-0.1, -0.05) is 19.1 Å². The molecule has 1 aliphatic heterocycles. The second kappa shape index (κ2) is 6.06. The zero-order valence-electron chi connectivity index (χ0n) is 11.4. The summed E-state index contributed by atoms with van der Waals surface area (Å²) in [5, 5.41) is 9.24. The second-order valence-corrected chi connectivity index (χ2v) is 5.45. The average molecular weight is 262 g/mol. The molecule has 4 nitrogen and oxygen atoms in total. The van der Waals surface area contributed by atoms with Crippen molar-refractivity contribution in [3.8, 4) is 5.75 Å². The fourth-order valence-electron chi connectivity index (χ4n) is 2.69. The van der Waals surface area contributed by atoms with Crippen LogP contribution in [-0.4, -0.2) is 35.0 Å². The molecule has 0 radical (unpaired) electrons. The molecule has 19 heavy (non-hydrogen) atoms. The molecule has 1 amide bonds. The number of benzene rings is 1. The summed E-state index contributed by atoms with van der Waals surface area (Å²) in [6.45, 7) is 3.55. The number of phenolic OH excluding ortho intramolecular Hbond substituents is 1. The number of piperidine rings is 1. The Bertz CT molecular complexity index is 430. The number of hydrogen-bond donors (Lipinski definition) is 2. The van der Waals surface area contributed by atoms with Gasteiger partial charge in [0.1, 0.15) is 5.75 Å². The fraction of sp³-hybridized carbons (Fsp3) is 0.533. The lowest BCUT2D eigenvalue weighted by molar-refractivity contribution is -0.134. The average Bonchev–Trinajstić information content (AvgIpc) is 2.41. The Hall–Kier alpha value is -1.55. The molecule has 0 saturated carbocycles. The molecule has 0 bridgehead atoms. The SMILES string of the molecule is CC1CCN(C(=O)Cc2ccc(O)cc2)C(CN)C1. The lowest BCUT2D eigenvalue weighted by Gasteiger charge is -2.38. The van der Waals surface area contributed by atoms with Crippen LogP contribution in [0.15, 0.2) is 24.3 Å². The van der Waals surface area contributed by atoms with Crippen LogP contribution in [0.25, 0.3) is 0 Å². The Morgan fingerprint density at radius 3 is 2.74 bits per heavy atom. The molecule has 104 valence electrons. The van der Waals surface area contributed by atoms with Crippen LogP contribution in [-0.2, 0) is 11.2 Å². The van der Waals surface area contributed by atoms with E-state index in [9.17, 15) is 9.90 Å². The van der Waals surface area contributed by atoms with Crippen LogP contribution in [0.1, 0.15) is 25.3 Å². The number of nitrogens with two attached hydrogens (primary N) is 1. The molecule has 1 aromatic carbocycles. The summed E-state index contributed by atoms with van der Waals surface area (Å²) in [6, 6.07) is 6.98. The third kappa shape index (κ3) is 3.47. The number of aromatic hydroxyl groups is 1. The van der Waals surface area contributed by atoms with E-state index in [-0.39, 0.29) is 17.7 Å². The monoisotopic (exact) mass is 262 g/mol. The maximum absolute atomic E-state index is 12.3. The number of likely N-dealkylation sites (tertiary alicyclic amines) is 1. The van der Waals surface area contributed by atoms with E-state index in [1.54, 1.807) is 24.3 Å². The normalized spacial score (nSPS) is 23.4. The molecule has 0 aliphatic carbocycles. The number of rotatable bonds is 3. The minimum atomic E-state index is 0.132. The van der Waals surface area contributed by atoms with E-state index in [0.29, 0.717) is 18.9 Å². The molecule has 0 spiro atoms. The lowest BCUT2D eigenvalue weighted by Crippen LogP contribution is -2.49. The zero-order valence-corrected chi connectivity index (χ0v) is 11.4. The molecule has 0 aromatic heterocycles. The summed E-state index contributed by atoms with van der Waals surface area (Å²) in [5.41, 5.74) is 6.71. The molecular weight excluding hydrogens is 240 g/mol. The number of hydrogen-bond acceptors (Lipinski definition) is 3. The van der Waals surface area contributed by atoms with Crippen molar-refractivity contribution in [1.82, 2.24) is 4.90 Å². The predicted octanol–water partition coefficient (Wildman–Crippen LogP) is 1.52. The molecule has 1 aromatic rings. The van der Waals surface area contributed by atoms with Crippen molar-refractivity contribution in [2.75, 3.05) is 13.1 Å². The van der Waals surface area contributed by atoms with Crippen molar-refractivity contribution in [2.24, 2.45) is 11.7 Å². The van der Waals surface area contributed by atoms with Crippen LogP contribution >= 0.6 is 0 Å². The quantitative estimate of drug-likeness (QED) is 0.868. The first-order valence-corrected chi connectivity index (χ1v) is 6.87. The van der Waals surface area contributed by atoms with E-state index in [1.165, 1.54) is 0 Å². The first kappa shape index (κ1) is 13.9. The second-order valence-electron chi connectivity index (χ2n) is 5.45. The van der Waals surface area contributed by atoms with E-state index in [2.05, 4.69) is 6.92 Å². The van der Waals surface area contributed by atoms with Crippen molar-refractivity contribution in [2.45, 2.75) is 32.2 Å². The van der Waals surface area contributed by atoms with Crippen molar-refractivity contribution in [3.63, 3.8) is 0 Å². The number of amides is 1. The predicted molar refractivity (Wildman–Crippen MR) is 74.8 cm³/mol. The van der Waals surface area contributed by atoms with Crippen LogP contribution in [0.3, 0.4) is 0 Å². The maximum Gasteiger partial charge on any atom is 0.227 e. The van der Waals surface area contributed by atoms with E-state index < -0.39 is 0 Å². The third-order valence-electron chi connectivity index (χ3n) is 3.86. The highest BCUT2D eigenvalue weighted by Gasteiger charge is 2.28. The molecule has 1 heterocycles. The van der Waals surface area contributed by atoms with E-state index in [4.69, 9.17) is 5.73 Å². The van der Waals surface area contributed by atoms with Crippen molar-refractivity contribution >= 4 is 5.91 Å². The highest BCUT2D eigenvalue weighted by molar-refractivity contribution is 5.79. The Morgan fingerprint density at radius 2 is 2.11 bits per heavy atom. The summed E-state index contributed by atoms with van der Waals surface area (Å²) < 4.78 is 0. The minimum Gasteiger partial charge on any atom is -0.508 e. The summed E-state index contributed by atoms with van der Waals surface area (Å²) in [5.74, 6) is 1.00. The van der Waals surface area contributed by atoms with Gasteiger partial charge < -0.3 is 15.7 Å². The lowest BCUT2D eigenvalue weighted by atomic mass is 9.92. The number of nitrogens with zero attached hydrogens (tertiary/aromatic N) is 1. The van der Waals surface area contributed by atoms with Crippen LogP contribution in [0, 0.1) is 5.92 Å². The van der Waals surface area contributed by atoms with Gasteiger partial charge in [0, 0.05) is 19.1 Å². The van der Waals surface area contributed by atoms with Crippen LogP contribution in [0.5, 0.6) is 5.75 Å². The smallest absolute Gasteiger partial charge is 0.227 e. The number of carbonyl (C=O) groups is 1. The molecule has 3 N–H and O–H groups in total. The molecule has 2 rings (SSSR count). The molecule has 1 fully saturated rings. The number of phenols is 1. The van der Waals surface area contributed by atoms with Gasteiger partial charge in [0.15, 0.2) is 0 Å². The Balaban J connectivity index is 2.00. The van der Waals surface area contributed by atoms with E-state index in [0.717, 1.165) is 24.9 Å². The van der Waals surface area contributed by atoms with Gasteiger partial charge in [-0.15, -0.1) is 0 Å². The zero-order chi connectivity index (χ0) is 13.8. The van der Waals surface area contributed by atoms with Crippen molar-refractivity contribution in [1.29, 1.82) is 0 Å². The Kier molecular flexibility index (Phi) is 4.43. The highest BCUT2D eigenvalue weighted by Crippen LogP contribution is 2.23. The number of carbonyl (C=O) groups excluding carboxylic acids is 1. The molecule has 1 aliphatic rings. The molecular formula is C15H22N2O2. The summed E-state index contributed by atoms with van der Waals surface area (Å²) in [6.07, 6.45) is 2.43. The third-order valence-corrected chi connectivity index (χ3v) is 3.86. The van der Waals surface area contributed by atoms with Crippen molar-refractivity contribution in [3.05, 3.63) is 29.8 Å². The molecule has 4 heteroatoms. The van der Waals surface area contributed by atoms with Crippen molar-refractivity contribution < 1.29 is 9.90 Å². The van der Waals surface area contributed by atoms with Gasteiger partial charge in [-0.25, -0.2) is 0 Å². The highest BCUT2D eigenvalue weighted by atomic mass is 16.3. The van der Waals surface area contributed by atoms with Crippen LogP contribution < -0.4 is 5.73 Å². The van der Waals surface area contributed by atoms with E-state index >= 15 is 0 Å². The van der Waals surface area contributed by atoms with Gasteiger partial charge in [-0.3, -0.25) is 4.79 Å². The summed E-state index contributed by atoms with van der Waals surface area (Å²) in [4.78, 5) is 14.3. The topological polar surface area (TPSA) is 66.6 Å². The Labute approximate surface area is 114 Å². The van der Waals surface area contributed by atoms with Crippen LogP contribution in [0.2, 0.25) is 0 Å². The Morgan fingerprint density at radius 1 is 1.42 bits per heavy atom. The first-order valence-electron chi connectivity index (χ1n) is 6.87. The molecule has 2 atom stereocenters. The first-order chi connectivity index (χ1) is 9.10. The van der Waals surface area contributed by atoms with Gasteiger partial charge in [0.2, 0.25) is 5.91 Å². The van der Waals surface area contributed by atoms with Crippen LogP contribution in [0.4, 0.5) is 0 Å². The fourth-order valence-corrected chi connectivity index (χ4v) is 2.69. The molecule has 1 saturated heterocycles. The summed E-state index contributed by atoms with van der Waals surface area (Å²) in [7, 11) is 0. The maximum atomic E-state index is 12.3. The minimum absolute atomic E-state index is 0.132. The standard InChI is InChI=1S/C15H22N2O2/c1-11-6-7-17(13(8-11)10-16)15(19)9-12-2-4-14(18)5-3-12/h2-5,11,13,18H,6-10,16H2,1H3. The van der Waals surface area contributed by atoms with Gasteiger partial charge >= 0.3 is 0 Å². The van der Waals surface area contributed by atoms with Gasteiger partial charge in [-0.05, 0) is 36.5 Å². The van der Waals surface area contributed by atoms with Gasteiger partial charge in [0.05, 0.1) is 6.42 Å².